The van der Waals surface area contributed by atoms with Gasteiger partial charge in [0.25, 0.3) is 5.91 Å². The summed E-state index contributed by atoms with van der Waals surface area (Å²) in [7, 11) is 0. The molecule has 3 aromatic rings. The second kappa shape index (κ2) is 7.26. The molecular weight excluding hydrogens is 340 g/mol. The summed E-state index contributed by atoms with van der Waals surface area (Å²) in [6.45, 7) is 1.41. The third kappa shape index (κ3) is 3.83. The standard InChI is InChI=1S/C19H15F2N3O2/c1-11-8-13(4-7-15(11)21)16-9-17(24-23-16)19(26)22-10-18(25)12-2-5-14(20)6-3-12/h2-9H,10H2,1H3,(H,22,26)(H,23,24). The number of amides is 1. The maximum atomic E-state index is 13.3. The van der Waals surface area contributed by atoms with Gasteiger partial charge in [0, 0.05) is 11.1 Å². The van der Waals surface area contributed by atoms with Gasteiger partial charge in [0.05, 0.1) is 12.2 Å². The van der Waals surface area contributed by atoms with E-state index in [0.717, 1.165) is 0 Å². The summed E-state index contributed by atoms with van der Waals surface area (Å²) in [6, 6.07) is 11.1. The lowest BCUT2D eigenvalue weighted by Gasteiger charge is -2.03. The van der Waals surface area contributed by atoms with Gasteiger partial charge in [-0.3, -0.25) is 14.7 Å². The highest BCUT2D eigenvalue weighted by Gasteiger charge is 2.14. The number of carbonyl (C=O) groups excluding carboxylic acids is 2. The molecule has 26 heavy (non-hydrogen) atoms. The molecule has 0 saturated heterocycles. The Morgan fingerprint density at radius 2 is 1.81 bits per heavy atom. The average molecular weight is 355 g/mol. The molecule has 2 N–H and O–H groups in total. The van der Waals surface area contributed by atoms with Crippen molar-refractivity contribution in [1.29, 1.82) is 0 Å². The fourth-order valence-corrected chi connectivity index (χ4v) is 2.38. The largest absolute Gasteiger partial charge is 0.343 e. The molecule has 1 amide bonds. The highest BCUT2D eigenvalue weighted by atomic mass is 19.1. The van der Waals surface area contributed by atoms with Crippen molar-refractivity contribution in [1.82, 2.24) is 15.5 Å². The number of hydrogen-bond acceptors (Lipinski definition) is 3. The van der Waals surface area contributed by atoms with Crippen LogP contribution in [0.1, 0.15) is 26.4 Å². The van der Waals surface area contributed by atoms with Crippen molar-refractivity contribution in [2.24, 2.45) is 0 Å². The van der Waals surface area contributed by atoms with Crippen molar-refractivity contribution in [3.63, 3.8) is 0 Å². The summed E-state index contributed by atoms with van der Waals surface area (Å²) in [5.74, 6) is -1.60. The number of rotatable bonds is 5. The van der Waals surface area contributed by atoms with Crippen molar-refractivity contribution in [3.8, 4) is 11.3 Å². The third-order valence-corrected chi connectivity index (χ3v) is 3.85. The number of nitrogens with one attached hydrogen (secondary N) is 2. The Kier molecular flexibility index (Phi) is 4.88. The van der Waals surface area contributed by atoms with Gasteiger partial charge >= 0.3 is 0 Å². The molecule has 7 heteroatoms. The zero-order valence-electron chi connectivity index (χ0n) is 13.8. The first-order chi connectivity index (χ1) is 12.4. The van der Waals surface area contributed by atoms with Crippen LogP contribution in [0.5, 0.6) is 0 Å². The molecule has 0 fully saturated rings. The number of aromatic amines is 1. The van der Waals surface area contributed by atoms with Crippen LogP contribution in [0.2, 0.25) is 0 Å². The molecular formula is C19H15F2N3O2. The number of nitrogens with zero attached hydrogens (tertiary/aromatic N) is 1. The number of H-pyrrole nitrogens is 1. The van der Waals surface area contributed by atoms with Crippen molar-refractivity contribution in [2.45, 2.75) is 6.92 Å². The van der Waals surface area contributed by atoms with Gasteiger partial charge in [0.1, 0.15) is 17.3 Å². The maximum absolute atomic E-state index is 13.3. The Balaban J connectivity index is 1.65. The molecule has 1 heterocycles. The summed E-state index contributed by atoms with van der Waals surface area (Å²) < 4.78 is 26.2. The minimum atomic E-state index is -0.502. The summed E-state index contributed by atoms with van der Waals surface area (Å²) >= 11 is 0. The van der Waals surface area contributed by atoms with E-state index in [0.29, 0.717) is 22.4 Å². The summed E-state index contributed by atoms with van der Waals surface area (Å²) in [5.41, 5.74) is 2.11. The van der Waals surface area contributed by atoms with Gasteiger partial charge in [-0.1, -0.05) is 0 Å². The van der Waals surface area contributed by atoms with Crippen LogP contribution in [-0.2, 0) is 0 Å². The fraction of sp³-hybridized carbons (Fsp3) is 0.105. The molecule has 0 spiro atoms. The van der Waals surface area contributed by atoms with E-state index in [2.05, 4.69) is 15.5 Å². The number of halogens is 2. The van der Waals surface area contributed by atoms with E-state index in [4.69, 9.17) is 0 Å². The Morgan fingerprint density at radius 1 is 1.08 bits per heavy atom. The lowest BCUT2D eigenvalue weighted by atomic mass is 10.1. The zero-order chi connectivity index (χ0) is 18.7. The highest BCUT2D eigenvalue weighted by Crippen LogP contribution is 2.20. The SMILES string of the molecule is Cc1cc(-c2cc(C(=O)NCC(=O)c3ccc(F)cc3)[nH]n2)ccc1F. The van der Waals surface area contributed by atoms with Crippen LogP contribution in [-0.4, -0.2) is 28.4 Å². The predicted octanol–water partition coefficient (Wildman–Crippen LogP) is 3.28. The number of Topliss-reactive ketones (excluding diaryl/α,β-unsaturated/α-hetero) is 1. The number of carbonyl (C=O) groups is 2. The number of benzene rings is 2. The lowest BCUT2D eigenvalue weighted by Crippen LogP contribution is -2.29. The molecule has 0 atom stereocenters. The normalized spacial score (nSPS) is 10.6. The Hall–Kier alpha value is -3.35. The van der Waals surface area contributed by atoms with E-state index in [1.165, 1.54) is 36.4 Å². The molecule has 132 valence electrons. The average Bonchev–Trinajstić information content (AvgIpc) is 3.12. The third-order valence-electron chi connectivity index (χ3n) is 3.85. The monoisotopic (exact) mass is 355 g/mol. The van der Waals surface area contributed by atoms with Gasteiger partial charge in [-0.25, -0.2) is 8.78 Å². The first-order valence-electron chi connectivity index (χ1n) is 7.83. The molecule has 5 nitrogen and oxygen atoms in total. The van der Waals surface area contributed by atoms with Crippen molar-refractivity contribution in [3.05, 3.63) is 77.0 Å². The van der Waals surface area contributed by atoms with Gasteiger partial charge < -0.3 is 5.32 Å². The number of hydrogen-bond donors (Lipinski definition) is 2. The maximum Gasteiger partial charge on any atom is 0.269 e. The van der Waals surface area contributed by atoms with Crippen LogP contribution in [0.25, 0.3) is 11.3 Å². The molecule has 0 aliphatic carbocycles. The van der Waals surface area contributed by atoms with Crippen molar-refractivity contribution >= 4 is 11.7 Å². The van der Waals surface area contributed by atoms with Gasteiger partial charge in [-0.15, -0.1) is 0 Å². The van der Waals surface area contributed by atoms with Gasteiger partial charge in [-0.05, 0) is 61.0 Å². The van der Waals surface area contributed by atoms with E-state index in [1.807, 2.05) is 0 Å². The number of aryl methyl sites for hydroxylation is 1. The first kappa shape index (κ1) is 17.5. The summed E-state index contributed by atoms with van der Waals surface area (Å²) in [5, 5.41) is 9.11. The Bertz CT molecular complexity index is 965. The Labute approximate surface area is 148 Å². The van der Waals surface area contributed by atoms with Gasteiger partial charge in [-0.2, -0.15) is 5.10 Å². The zero-order valence-corrected chi connectivity index (χ0v) is 13.8. The topological polar surface area (TPSA) is 74.8 Å². The fourth-order valence-electron chi connectivity index (χ4n) is 2.38. The molecule has 0 aliphatic heterocycles. The quantitative estimate of drug-likeness (QED) is 0.690. The Morgan fingerprint density at radius 3 is 2.50 bits per heavy atom. The highest BCUT2D eigenvalue weighted by molar-refractivity contribution is 6.01. The summed E-state index contributed by atoms with van der Waals surface area (Å²) in [4.78, 5) is 24.1. The van der Waals surface area contributed by atoms with E-state index >= 15 is 0 Å². The number of aromatic nitrogens is 2. The van der Waals surface area contributed by atoms with E-state index in [-0.39, 0.29) is 23.8 Å². The second-order valence-electron chi connectivity index (χ2n) is 5.74. The van der Waals surface area contributed by atoms with Crippen LogP contribution >= 0.6 is 0 Å². The van der Waals surface area contributed by atoms with Gasteiger partial charge in [0.2, 0.25) is 0 Å². The molecule has 0 bridgehead atoms. The second-order valence-corrected chi connectivity index (χ2v) is 5.74. The van der Waals surface area contributed by atoms with Crippen LogP contribution in [0, 0.1) is 18.6 Å². The molecule has 2 aromatic carbocycles. The van der Waals surface area contributed by atoms with Crippen LogP contribution in [0.3, 0.4) is 0 Å². The van der Waals surface area contributed by atoms with Crippen molar-refractivity contribution in [2.75, 3.05) is 6.54 Å². The predicted molar refractivity (Wildman–Crippen MR) is 91.8 cm³/mol. The van der Waals surface area contributed by atoms with E-state index < -0.39 is 11.7 Å². The smallest absolute Gasteiger partial charge is 0.269 e. The molecule has 0 radical (unpaired) electrons. The van der Waals surface area contributed by atoms with Crippen molar-refractivity contribution < 1.29 is 18.4 Å². The summed E-state index contributed by atoms with van der Waals surface area (Å²) in [6.07, 6.45) is 0. The van der Waals surface area contributed by atoms with E-state index in [9.17, 15) is 18.4 Å². The minimum absolute atomic E-state index is 0.175. The molecule has 0 aliphatic rings. The van der Waals surface area contributed by atoms with Gasteiger partial charge in [0.15, 0.2) is 5.78 Å². The van der Waals surface area contributed by atoms with Crippen LogP contribution in [0.15, 0.2) is 48.5 Å². The van der Waals surface area contributed by atoms with E-state index in [1.54, 1.807) is 19.1 Å². The first-order valence-corrected chi connectivity index (χ1v) is 7.83. The molecule has 3 rings (SSSR count). The molecule has 0 unspecified atom stereocenters. The molecule has 0 saturated carbocycles. The van der Waals surface area contributed by atoms with Crippen LogP contribution in [0.4, 0.5) is 8.78 Å². The number of ketones is 1. The minimum Gasteiger partial charge on any atom is -0.343 e. The van der Waals surface area contributed by atoms with Crippen LogP contribution < -0.4 is 5.32 Å². The molecule has 1 aromatic heterocycles. The lowest BCUT2D eigenvalue weighted by molar-refractivity contribution is 0.0901.